The molecule has 0 unspecified atom stereocenters. The van der Waals surface area contributed by atoms with Crippen LogP contribution >= 0.6 is 11.3 Å². The van der Waals surface area contributed by atoms with Gasteiger partial charge in [0, 0.05) is 6.42 Å². The summed E-state index contributed by atoms with van der Waals surface area (Å²) >= 11 is 1.39. The van der Waals surface area contributed by atoms with Crippen LogP contribution < -0.4 is 5.73 Å². The minimum absolute atomic E-state index is 0.301. The zero-order valence-electron chi connectivity index (χ0n) is 7.79. The third-order valence-electron chi connectivity index (χ3n) is 1.60. The van der Waals surface area contributed by atoms with Gasteiger partial charge < -0.3 is 10.5 Å². The van der Waals surface area contributed by atoms with Crippen LogP contribution in [0, 0.1) is 6.92 Å². The van der Waals surface area contributed by atoms with Crippen LogP contribution in [0.5, 0.6) is 0 Å². The molecule has 1 heterocycles. The Balaban J connectivity index is 2.89. The Kier molecular flexibility index (Phi) is 3.39. The Bertz CT molecular complexity index is 309. The highest BCUT2D eigenvalue weighted by Crippen LogP contribution is 2.18. The van der Waals surface area contributed by atoms with Crippen LogP contribution in [0.1, 0.15) is 20.4 Å². The van der Waals surface area contributed by atoms with E-state index in [1.165, 1.54) is 18.4 Å². The monoisotopic (exact) mass is 201 g/mol. The number of ether oxygens (including phenoxy) is 1. The average Bonchev–Trinajstić information content (AvgIpc) is 2.46. The Morgan fingerprint density at radius 1 is 1.69 bits per heavy atom. The number of carbonyl (C=O) groups excluding carboxylic acids is 1. The number of aryl methyl sites for hydroxylation is 1. The van der Waals surface area contributed by atoms with E-state index in [1.807, 2.05) is 6.92 Å². The van der Waals surface area contributed by atoms with Gasteiger partial charge in [0.1, 0.15) is 4.88 Å². The van der Waals surface area contributed by atoms with Gasteiger partial charge in [-0.05, 0) is 6.92 Å². The predicted octanol–water partition coefficient (Wildman–Crippen LogP) is 0.0225. The SMILES string of the molecule is COC(=O)c1sc(CC[NH3+])nc1C. The highest BCUT2D eigenvalue weighted by Gasteiger charge is 2.14. The molecule has 0 aromatic carbocycles. The number of carbonyl (C=O) groups is 1. The summed E-state index contributed by atoms with van der Waals surface area (Å²) in [6.45, 7) is 2.61. The third kappa shape index (κ3) is 2.26. The van der Waals surface area contributed by atoms with Crippen molar-refractivity contribution in [1.82, 2.24) is 4.98 Å². The first-order chi connectivity index (χ1) is 6.19. The molecule has 1 rings (SSSR count). The summed E-state index contributed by atoms with van der Waals surface area (Å²) in [5, 5.41) is 0.952. The Morgan fingerprint density at radius 3 is 2.92 bits per heavy atom. The first kappa shape index (κ1) is 10.1. The van der Waals surface area contributed by atoms with Crippen molar-refractivity contribution >= 4 is 17.3 Å². The molecule has 1 aromatic rings. The summed E-state index contributed by atoms with van der Waals surface area (Å²) in [7, 11) is 1.38. The van der Waals surface area contributed by atoms with Crippen LogP contribution in [0.25, 0.3) is 0 Å². The van der Waals surface area contributed by atoms with Gasteiger partial charge in [-0.3, -0.25) is 0 Å². The van der Waals surface area contributed by atoms with Crippen LogP contribution in [-0.2, 0) is 11.2 Å². The second-order valence-corrected chi connectivity index (χ2v) is 3.70. The van der Waals surface area contributed by atoms with Crippen molar-refractivity contribution < 1.29 is 15.3 Å². The van der Waals surface area contributed by atoms with Crippen molar-refractivity contribution in [3.05, 3.63) is 15.6 Å². The Morgan fingerprint density at radius 2 is 2.38 bits per heavy atom. The molecule has 0 saturated heterocycles. The molecule has 0 bridgehead atoms. The molecule has 0 saturated carbocycles. The molecule has 13 heavy (non-hydrogen) atoms. The second-order valence-electron chi connectivity index (χ2n) is 2.62. The van der Waals surface area contributed by atoms with Gasteiger partial charge in [0.05, 0.1) is 24.4 Å². The van der Waals surface area contributed by atoms with E-state index < -0.39 is 0 Å². The largest absolute Gasteiger partial charge is 0.465 e. The minimum atomic E-state index is -0.301. The fourth-order valence-electron chi connectivity index (χ4n) is 0.993. The molecule has 0 fully saturated rings. The number of hydrogen-bond donors (Lipinski definition) is 1. The summed E-state index contributed by atoms with van der Waals surface area (Å²) in [5.41, 5.74) is 4.49. The number of methoxy groups -OCH3 is 1. The van der Waals surface area contributed by atoms with Crippen molar-refractivity contribution in [2.45, 2.75) is 13.3 Å². The van der Waals surface area contributed by atoms with Gasteiger partial charge in [-0.15, -0.1) is 11.3 Å². The molecular weight excluding hydrogens is 188 g/mol. The van der Waals surface area contributed by atoms with E-state index in [4.69, 9.17) is 0 Å². The first-order valence-corrected chi connectivity index (χ1v) is 4.84. The number of quaternary nitrogens is 1. The normalized spacial score (nSPS) is 10.1. The lowest BCUT2D eigenvalue weighted by Gasteiger charge is -1.93. The van der Waals surface area contributed by atoms with E-state index >= 15 is 0 Å². The molecule has 0 amide bonds. The van der Waals surface area contributed by atoms with E-state index in [-0.39, 0.29) is 5.97 Å². The van der Waals surface area contributed by atoms with Crippen LogP contribution in [-0.4, -0.2) is 24.6 Å². The lowest BCUT2D eigenvalue weighted by atomic mass is 10.4. The van der Waals surface area contributed by atoms with Gasteiger partial charge in [0.2, 0.25) is 0 Å². The molecule has 0 aliphatic rings. The van der Waals surface area contributed by atoms with Crippen LogP contribution in [0.3, 0.4) is 0 Å². The molecule has 5 heteroatoms. The smallest absolute Gasteiger partial charge is 0.349 e. The van der Waals surface area contributed by atoms with E-state index in [9.17, 15) is 4.79 Å². The van der Waals surface area contributed by atoms with Gasteiger partial charge in [-0.2, -0.15) is 0 Å². The van der Waals surface area contributed by atoms with Crippen LogP contribution in [0.4, 0.5) is 0 Å². The lowest BCUT2D eigenvalue weighted by molar-refractivity contribution is -0.366. The van der Waals surface area contributed by atoms with Gasteiger partial charge in [0.15, 0.2) is 0 Å². The van der Waals surface area contributed by atoms with Gasteiger partial charge in [-0.1, -0.05) is 0 Å². The van der Waals surface area contributed by atoms with E-state index in [2.05, 4.69) is 15.5 Å². The van der Waals surface area contributed by atoms with E-state index in [0.29, 0.717) is 4.88 Å². The zero-order valence-corrected chi connectivity index (χ0v) is 8.61. The highest BCUT2D eigenvalue weighted by atomic mass is 32.1. The number of rotatable bonds is 3. The predicted molar refractivity (Wildman–Crippen MR) is 49.6 cm³/mol. The molecule has 4 nitrogen and oxygen atoms in total. The van der Waals surface area contributed by atoms with Crippen molar-refractivity contribution in [3.8, 4) is 0 Å². The summed E-state index contributed by atoms with van der Waals surface area (Å²) in [4.78, 5) is 16.0. The lowest BCUT2D eigenvalue weighted by Crippen LogP contribution is -2.51. The van der Waals surface area contributed by atoms with Crippen molar-refractivity contribution in [2.75, 3.05) is 13.7 Å². The Hall–Kier alpha value is -0.940. The third-order valence-corrected chi connectivity index (χ3v) is 2.80. The molecule has 0 aliphatic carbocycles. The van der Waals surface area contributed by atoms with Crippen molar-refractivity contribution in [1.29, 1.82) is 0 Å². The molecule has 0 spiro atoms. The minimum Gasteiger partial charge on any atom is -0.465 e. The highest BCUT2D eigenvalue weighted by molar-refractivity contribution is 7.13. The van der Waals surface area contributed by atoms with Gasteiger partial charge in [-0.25, -0.2) is 9.78 Å². The van der Waals surface area contributed by atoms with Crippen molar-refractivity contribution in [3.63, 3.8) is 0 Å². The number of aromatic nitrogens is 1. The van der Waals surface area contributed by atoms with E-state index in [0.717, 1.165) is 23.7 Å². The zero-order chi connectivity index (χ0) is 9.84. The summed E-state index contributed by atoms with van der Waals surface area (Å²) in [5.74, 6) is -0.301. The molecule has 0 atom stereocenters. The van der Waals surface area contributed by atoms with Gasteiger partial charge in [0.25, 0.3) is 0 Å². The van der Waals surface area contributed by atoms with Gasteiger partial charge >= 0.3 is 5.97 Å². The number of thiazole rings is 1. The van der Waals surface area contributed by atoms with Crippen LogP contribution in [0.15, 0.2) is 0 Å². The number of nitrogens with zero attached hydrogens (tertiary/aromatic N) is 1. The maximum Gasteiger partial charge on any atom is 0.349 e. The topological polar surface area (TPSA) is 66.8 Å². The maximum atomic E-state index is 11.2. The maximum absolute atomic E-state index is 11.2. The molecule has 3 N–H and O–H groups in total. The fraction of sp³-hybridized carbons (Fsp3) is 0.500. The molecule has 0 radical (unpaired) electrons. The molecular formula is C8H13N2O2S+. The number of esters is 1. The van der Waals surface area contributed by atoms with E-state index in [1.54, 1.807) is 0 Å². The summed E-state index contributed by atoms with van der Waals surface area (Å²) < 4.78 is 4.62. The molecule has 1 aromatic heterocycles. The summed E-state index contributed by atoms with van der Waals surface area (Å²) in [6.07, 6.45) is 0.822. The fourth-order valence-corrected chi connectivity index (χ4v) is 2.02. The Labute approximate surface area is 80.7 Å². The molecule has 0 aliphatic heterocycles. The first-order valence-electron chi connectivity index (χ1n) is 4.03. The average molecular weight is 201 g/mol. The standard InChI is InChI=1S/C8H12N2O2S/c1-5-7(8(11)12-2)13-6(10-5)3-4-9/h3-4,9H2,1-2H3/p+1. The van der Waals surface area contributed by atoms with Crippen molar-refractivity contribution in [2.24, 2.45) is 0 Å². The summed E-state index contributed by atoms with van der Waals surface area (Å²) in [6, 6.07) is 0. The quantitative estimate of drug-likeness (QED) is 0.701. The molecule has 72 valence electrons. The van der Waals surface area contributed by atoms with Crippen LogP contribution in [0.2, 0.25) is 0 Å². The number of hydrogen-bond acceptors (Lipinski definition) is 4. The second kappa shape index (κ2) is 4.34.